The van der Waals surface area contributed by atoms with Gasteiger partial charge in [0.15, 0.2) is 11.6 Å². The van der Waals surface area contributed by atoms with Crippen molar-refractivity contribution in [2.24, 2.45) is 0 Å². The van der Waals surface area contributed by atoms with Gasteiger partial charge in [-0.2, -0.15) is 0 Å². The van der Waals surface area contributed by atoms with Crippen LogP contribution in [0.3, 0.4) is 0 Å². The molecule has 0 radical (unpaired) electrons. The minimum atomic E-state index is -0.490. The van der Waals surface area contributed by atoms with Crippen molar-refractivity contribution >= 4 is 50.6 Å². The second-order valence-electron chi connectivity index (χ2n) is 3.21. The van der Waals surface area contributed by atoms with E-state index in [2.05, 4.69) is 26.2 Å². The quantitative estimate of drug-likeness (QED) is 0.832. The summed E-state index contributed by atoms with van der Waals surface area (Å²) in [5.74, 6) is -0.418. The van der Waals surface area contributed by atoms with Crippen LogP contribution in [0.25, 0.3) is 0 Å². The molecule has 0 saturated heterocycles. The molecule has 0 unspecified atom stereocenters. The molecule has 2 nitrogen and oxygen atoms in total. The van der Waals surface area contributed by atoms with Gasteiger partial charge in [-0.3, -0.25) is 0 Å². The summed E-state index contributed by atoms with van der Waals surface area (Å²) >= 11 is 15.0. The number of rotatable bonds is 2. The molecule has 0 saturated carbocycles. The van der Waals surface area contributed by atoms with Crippen molar-refractivity contribution in [1.82, 2.24) is 4.98 Å². The summed E-state index contributed by atoms with van der Waals surface area (Å²) in [6.45, 7) is 0. The molecule has 0 spiro atoms. The van der Waals surface area contributed by atoms with Crippen molar-refractivity contribution in [3.05, 3.63) is 50.8 Å². The SMILES string of the molecule is Fc1cc(Br)cnc1Nc1c(Cl)cccc1Cl. The number of anilines is 2. The predicted molar refractivity (Wildman–Crippen MR) is 71.6 cm³/mol. The van der Waals surface area contributed by atoms with Gasteiger partial charge < -0.3 is 5.32 Å². The molecule has 0 amide bonds. The molecule has 1 N–H and O–H groups in total. The maximum absolute atomic E-state index is 13.6. The molecular formula is C11H6BrCl2FN2. The third-order valence-electron chi connectivity index (χ3n) is 2.01. The zero-order valence-corrected chi connectivity index (χ0v) is 11.4. The molecular weight excluding hydrogens is 330 g/mol. The summed E-state index contributed by atoms with van der Waals surface area (Å²) in [5.41, 5.74) is 0.435. The first-order valence-corrected chi connectivity index (χ1v) is 6.15. The van der Waals surface area contributed by atoms with Gasteiger partial charge in [0.1, 0.15) is 0 Å². The van der Waals surface area contributed by atoms with Crippen LogP contribution in [0.2, 0.25) is 10.0 Å². The first-order valence-electron chi connectivity index (χ1n) is 4.60. The number of para-hydroxylation sites is 1. The van der Waals surface area contributed by atoms with Crippen LogP contribution in [0, 0.1) is 5.82 Å². The molecule has 0 bridgehead atoms. The highest BCUT2D eigenvalue weighted by molar-refractivity contribution is 9.10. The Morgan fingerprint density at radius 2 is 1.88 bits per heavy atom. The van der Waals surface area contributed by atoms with Crippen LogP contribution in [-0.2, 0) is 0 Å². The number of pyridine rings is 1. The van der Waals surface area contributed by atoms with Gasteiger partial charge in [-0.05, 0) is 34.1 Å². The number of nitrogens with zero attached hydrogens (tertiary/aromatic N) is 1. The van der Waals surface area contributed by atoms with E-state index in [1.165, 1.54) is 12.3 Å². The fourth-order valence-electron chi connectivity index (χ4n) is 1.24. The number of aromatic nitrogens is 1. The van der Waals surface area contributed by atoms with E-state index in [0.717, 1.165) is 0 Å². The molecule has 88 valence electrons. The Morgan fingerprint density at radius 3 is 2.47 bits per heavy atom. The van der Waals surface area contributed by atoms with Crippen LogP contribution < -0.4 is 5.32 Å². The lowest BCUT2D eigenvalue weighted by molar-refractivity contribution is 0.625. The fourth-order valence-corrected chi connectivity index (χ4v) is 2.04. The summed E-state index contributed by atoms with van der Waals surface area (Å²) in [7, 11) is 0. The molecule has 1 aromatic carbocycles. The highest BCUT2D eigenvalue weighted by atomic mass is 79.9. The van der Waals surface area contributed by atoms with E-state index < -0.39 is 5.82 Å². The normalized spacial score (nSPS) is 10.4. The molecule has 17 heavy (non-hydrogen) atoms. The van der Waals surface area contributed by atoms with E-state index in [-0.39, 0.29) is 5.82 Å². The number of halogens is 4. The second-order valence-corrected chi connectivity index (χ2v) is 4.94. The molecule has 6 heteroatoms. The number of benzene rings is 1. The predicted octanol–water partition coefficient (Wildman–Crippen LogP) is 5.03. The molecule has 1 aromatic heterocycles. The van der Waals surface area contributed by atoms with Crippen molar-refractivity contribution in [3.8, 4) is 0 Å². The van der Waals surface area contributed by atoms with E-state index in [9.17, 15) is 4.39 Å². The average Bonchev–Trinajstić information content (AvgIpc) is 2.26. The lowest BCUT2D eigenvalue weighted by atomic mass is 10.3. The number of hydrogen-bond acceptors (Lipinski definition) is 2. The molecule has 0 aliphatic carbocycles. The zero-order chi connectivity index (χ0) is 12.4. The Morgan fingerprint density at radius 1 is 1.24 bits per heavy atom. The third kappa shape index (κ3) is 2.89. The van der Waals surface area contributed by atoms with Gasteiger partial charge in [-0.25, -0.2) is 9.37 Å². The summed E-state index contributed by atoms with van der Waals surface area (Å²) in [5, 5.41) is 3.57. The molecule has 2 aromatic rings. The molecule has 0 aliphatic rings. The van der Waals surface area contributed by atoms with Crippen molar-refractivity contribution < 1.29 is 4.39 Å². The van der Waals surface area contributed by atoms with Crippen LogP contribution in [0.15, 0.2) is 34.9 Å². The maximum atomic E-state index is 13.6. The number of hydrogen-bond donors (Lipinski definition) is 1. The van der Waals surface area contributed by atoms with E-state index in [1.807, 2.05) is 0 Å². The summed E-state index contributed by atoms with van der Waals surface area (Å²) in [6.07, 6.45) is 1.48. The lowest BCUT2D eigenvalue weighted by Crippen LogP contribution is -1.98. The Labute approximate surface area is 116 Å². The Kier molecular flexibility index (Phi) is 3.86. The monoisotopic (exact) mass is 334 g/mol. The van der Waals surface area contributed by atoms with Gasteiger partial charge >= 0.3 is 0 Å². The summed E-state index contributed by atoms with van der Waals surface area (Å²) in [4.78, 5) is 3.91. The van der Waals surface area contributed by atoms with Crippen LogP contribution in [0.5, 0.6) is 0 Å². The molecule has 2 rings (SSSR count). The Balaban J connectivity index is 2.38. The Hall–Kier alpha value is -0.840. The van der Waals surface area contributed by atoms with Gasteiger partial charge in [-0.1, -0.05) is 29.3 Å². The van der Waals surface area contributed by atoms with E-state index >= 15 is 0 Å². The molecule has 1 heterocycles. The molecule has 0 atom stereocenters. The number of nitrogens with one attached hydrogen (secondary N) is 1. The van der Waals surface area contributed by atoms with E-state index in [4.69, 9.17) is 23.2 Å². The standard InChI is InChI=1S/C11H6BrCl2FN2/c12-6-4-9(15)11(16-5-6)17-10-7(13)2-1-3-8(10)14/h1-5H,(H,16,17). The van der Waals surface area contributed by atoms with Gasteiger partial charge in [0.2, 0.25) is 0 Å². The van der Waals surface area contributed by atoms with Crippen LogP contribution >= 0.6 is 39.1 Å². The van der Waals surface area contributed by atoms with Crippen LogP contribution in [0.4, 0.5) is 15.9 Å². The largest absolute Gasteiger partial charge is 0.335 e. The summed E-state index contributed by atoms with van der Waals surface area (Å²) < 4.78 is 14.1. The first kappa shape index (κ1) is 12.6. The van der Waals surface area contributed by atoms with Crippen LogP contribution in [-0.4, -0.2) is 4.98 Å². The minimum absolute atomic E-state index is 0.0724. The highest BCUT2D eigenvalue weighted by Crippen LogP contribution is 2.32. The van der Waals surface area contributed by atoms with E-state index in [0.29, 0.717) is 20.2 Å². The van der Waals surface area contributed by atoms with Crippen molar-refractivity contribution in [2.75, 3.05) is 5.32 Å². The first-order chi connectivity index (χ1) is 8.08. The third-order valence-corrected chi connectivity index (χ3v) is 3.08. The van der Waals surface area contributed by atoms with Crippen LogP contribution in [0.1, 0.15) is 0 Å². The average molecular weight is 336 g/mol. The highest BCUT2D eigenvalue weighted by Gasteiger charge is 2.09. The fraction of sp³-hybridized carbons (Fsp3) is 0. The van der Waals surface area contributed by atoms with Crippen molar-refractivity contribution in [2.45, 2.75) is 0 Å². The zero-order valence-electron chi connectivity index (χ0n) is 8.35. The second kappa shape index (κ2) is 5.21. The Bertz CT molecular complexity index is 543. The summed E-state index contributed by atoms with van der Waals surface area (Å²) in [6, 6.07) is 6.33. The van der Waals surface area contributed by atoms with Gasteiger partial charge in [0, 0.05) is 10.7 Å². The van der Waals surface area contributed by atoms with Gasteiger partial charge in [0.05, 0.1) is 15.7 Å². The minimum Gasteiger partial charge on any atom is -0.335 e. The smallest absolute Gasteiger partial charge is 0.166 e. The molecule has 0 fully saturated rings. The lowest BCUT2D eigenvalue weighted by Gasteiger charge is -2.10. The van der Waals surface area contributed by atoms with Crippen molar-refractivity contribution in [3.63, 3.8) is 0 Å². The van der Waals surface area contributed by atoms with Gasteiger partial charge in [0.25, 0.3) is 0 Å². The van der Waals surface area contributed by atoms with Crippen molar-refractivity contribution in [1.29, 1.82) is 0 Å². The van der Waals surface area contributed by atoms with E-state index in [1.54, 1.807) is 18.2 Å². The van der Waals surface area contributed by atoms with Gasteiger partial charge in [-0.15, -0.1) is 0 Å². The molecule has 0 aliphatic heterocycles. The topological polar surface area (TPSA) is 24.9 Å². The maximum Gasteiger partial charge on any atom is 0.166 e.